The van der Waals surface area contributed by atoms with Gasteiger partial charge < -0.3 is 4.90 Å². The van der Waals surface area contributed by atoms with Crippen LogP contribution in [0.1, 0.15) is 0 Å². The van der Waals surface area contributed by atoms with Crippen LogP contribution in [0.4, 0.5) is 0 Å². The molecule has 1 aliphatic rings. The van der Waals surface area contributed by atoms with E-state index in [1.54, 1.807) is 12.2 Å². The van der Waals surface area contributed by atoms with E-state index in [0.29, 0.717) is 23.7 Å². The highest BCUT2D eigenvalue weighted by Gasteiger charge is 2.10. The predicted molar refractivity (Wildman–Crippen MR) is 50.1 cm³/mol. The average Bonchev–Trinajstić information content (AvgIpc) is 2.45. The molecule has 0 aromatic carbocycles. The molecule has 1 rings (SSSR count). The Balaban J connectivity index is 2.99. The van der Waals surface area contributed by atoms with Crippen molar-refractivity contribution in [2.24, 2.45) is 0 Å². The molecule has 68 valence electrons. The quantitative estimate of drug-likeness (QED) is 0.595. The maximum atomic E-state index is 10.5. The van der Waals surface area contributed by atoms with Gasteiger partial charge in [0, 0.05) is 31.4 Å². The number of hydrogen-bond acceptors (Lipinski definition) is 3. The van der Waals surface area contributed by atoms with Crippen molar-refractivity contribution in [2.75, 3.05) is 14.1 Å². The molecule has 0 atom stereocenters. The highest BCUT2D eigenvalue weighted by molar-refractivity contribution is 5.97. The summed E-state index contributed by atoms with van der Waals surface area (Å²) < 4.78 is 0. The van der Waals surface area contributed by atoms with Crippen molar-refractivity contribution in [3.8, 4) is 0 Å². The van der Waals surface area contributed by atoms with E-state index in [4.69, 9.17) is 0 Å². The van der Waals surface area contributed by atoms with Crippen LogP contribution in [0.5, 0.6) is 0 Å². The molecule has 0 heterocycles. The molecule has 0 unspecified atom stereocenters. The molecule has 1 aliphatic carbocycles. The summed E-state index contributed by atoms with van der Waals surface area (Å²) in [5.41, 5.74) is 1.76. The minimum atomic E-state index is 0.447. The number of hydrogen-bond donors (Lipinski definition) is 0. The van der Waals surface area contributed by atoms with Crippen molar-refractivity contribution >= 4 is 12.6 Å². The molecule has 0 saturated carbocycles. The van der Waals surface area contributed by atoms with Gasteiger partial charge in [-0.25, -0.2) is 0 Å². The zero-order valence-corrected chi connectivity index (χ0v) is 7.65. The minimum Gasteiger partial charge on any atom is -0.383 e. The van der Waals surface area contributed by atoms with Crippen LogP contribution in [0.25, 0.3) is 0 Å². The van der Waals surface area contributed by atoms with Gasteiger partial charge >= 0.3 is 0 Å². The second kappa shape index (κ2) is 3.85. The Kier molecular flexibility index (Phi) is 2.80. The zero-order chi connectivity index (χ0) is 9.84. The van der Waals surface area contributed by atoms with Gasteiger partial charge in [0.15, 0.2) is 12.6 Å². The van der Waals surface area contributed by atoms with Gasteiger partial charge in [-0.3, -0.25) is 9.59 Å². The van der Waals surface area contributed by atoms with E-state index in [1.807, 2.05) is 25.2 Å². The molecule has 0 spiro atoms. The fourth-order valence-electron chi connectivity index (χ4n) is 1.14. The lowest BCUT2D eigenvalue weighted by Crippen LogP contribution is -2.01. The Morgan fingerprint density at radius 3 is 1.85 bits per heavy atom. The summed E-state index contributed by atoms with van der Waals surface area (Å²) >= 11 is 0. The Morgan fingerprint density at radius 1 is 1.08 bits per heavy atom. The lowest BCUT2D eigenvalue weighted by Gasteiger charge is -2.03. The van der Waals surface area contributed by atoms with E-state index in [2.05, 4.69) is 0 Å². The highest BCUT2D eigenvalue weighted by Crippen LogP contribution is 2.19. The van der Waals surface area contributed by atoms with Gasteiger partial charge in [0.2, 0.25) is 0 Å². The molecule has 0 fully saturated rings. The lowest BCUT2D eigenvalue weighted by atomic mass is 10.2. The molecular formula is C10H11NO2. The topological polar surface area (TPSA) is 37.4 Å². The maximum absolute atomic E-state index is 10.5. The summed E-state index contributed by atoms with van der Waals surface area (Å²) in [6.45, 7) is 0. The van der Waals surface area contributed by atoms with Gasteiger partial charge in [0.05, 0.1) is 0 Å². The molecule has 3 heteroatoms. The molecule has 13 heavy (non-hydrogen) atoms. The number of rotatable bonds is 3. The molecule has 0 aliphatic heterocycles. The van der Waals surface area contributed by atoms with Crippen molar-refractivity contribution in [3.63, 3.8) is 0 Å². The number of nitrogens with zero attached hydrogens (tertiary/aromatic N) is 1. The standard InChI is InChI=1S/C10H11NO2/c1-11(2)5-8-3-9(6-12)10(4-8)7-13/h3-7H,1-2H3. The fourth-order valence-corrected chi connectivity index (χ4v) is 1.14. The van der Waals surface area contributed by atoms with Crippen molar-refractivity contribution < 1.29 is 9.59 Å². The maximum Gasteiger partial charge on any atom is 0.150 e. The predicted octanol–water partition coefficient (Wildman–Crippen LogP) is 0.696. The summed E-state index contributed by atoms with van der Waals surface area (Å²) in [5, 5.41) is 0. The van der Waals surface area contributed by atoms with Crippen LogP contribution in [0, 0.1) is 0 Å². The van der Waals surface area contributed by atoms with E-state index < -0.39 is 0 Å². The van der Waals surface area contributed by atoms with Gasteiger partial charge in [0.1, 0.15) is 0 Å². The SMILES string of the molecule is CN(C)C=C1C=C(C=O)C(C=O)=C1. The number of carbonyl (C=O) groups excluding carboxylic acids is 2. The smallest absolute Gasteiger partial charge is 0.150 e. The van der Waals surface area contributed by atoms with Gasteiger partial charge in [-0.1, -0.05) is 0 Å². The summed E-state index contributed by atoms with van der Waals surface area (Å²) in [7, 11) is 3.77. The van der Waals surface area contributed by atoms with E-state index >= 15 is 0 Å². The van der Waals surface area contributed by atoms with Crippen LogP contribution in [-0.2, 0) is 9.59 Å². The first-order chi connectivity index (χ1) is 6.17. The van der Waals surface area contributed by atoms with Crippen molar-refractivity contribution in [1.29, 1.82) is 0 Å². The third-order valence-corrected chi connectivity index (χ3v) is 1.64. The molecule has 0 bridgehead atoms. The Hall–Kier alpha value is -1.64. The van der Waals surface area contributed by atoms with Gasteiger partial charge in [-0.15, -0.1) is 0 Å². The van der Waals surface area contributed by atoms with Crippen LogP contribution in [-0.4, -0.2) is 31.6 Å². The second-order valence-electron chi connectivity index (χ2n) is 3.03. The van der Waals surface area contributed by atoms with E-state index in [1.165, 1.54) is 0 Å². The van der Waals surface area contributed by atoms with Crippen molar-refractivity contribution in [3.05, 3.63) is 35.1 Å². The van der Waals surface area contributed by atoms with Gasteiger partial charge in [-0.2, -0.15) is 0 Å². The van der Waals surface area contributed by atoms with Crippen LogP contribution in [0.2, 0.25) is 0 Å². The molecule has 3 nitrogen and oxygen atoms in total. The average molecular weight is 177 g/mol. The van der Waals surface area contributed by atoms with E-state index in [0.717, 1.165) is 5.57 Å². The first-order valence-corrected chi connectivity index (χ1v) is 3.89. The van der Waals surface area contributed by atoms with Crippen LogP contribution >= 0.6 is 0 Å². The van der Waals surface area contributed by atoms with Crippen LogP contribution < -0.4 is 0 Å². The van der Waals surface area contributed by atoms with Crippen LogP contribution in [0.15, 0.2) is 35.1 Å². The Bertz CT molecular complexity index is 296. The summed E-state index contributed by atoms with van der Waals surface area (Å²) in [4.78, 5) is 22.9. The number of carbonyl (C=O) groups is 2. The van der Waals surface area contributed by atoms with Gasteiger partial charge in [-0.05, 0) is 17.7 Å². The molecule has 0 aromatic rings. The number of aldehydes is 2. The monoisotopic (exact) mass is 177 g/mol. The fraction of sp³-hybridized carbons (Fsp3) is 0.200. The molecule has 0 amide bonds. The van der Waals surface area contributed by atoms with Crippen molar-refractivity contribution in [1.82, 2.24) is 4.90 Å². The molecule has 0 aromatic heterocycles. The van der Waals surface area contributed by atoms with E-state index in [-0.39, 0.29) is 0 Å². The normalized spacial score (nSPS) is 14.8. The highest BCUT2D eigenvalue weighted by atomic mass is 16.1. The third-order valence-electron chi connectivity index (χ3n) is 1.64. The Labute approximate surface area is 77.0 Å². The minimum absolute atomic E-state index is 0.447. The lowest BCUT2D eigenvalue weighted by molar-refractivity contribution is -0.107. The third kappa shape index (κ3) is 2.15. The number of allylic oxidation sites excluding steroid dienone is 5. The van der Waals surface area contributed by atoms with Crippen LogP contribution in [0.3, 0.4) is 0 Å². The Morgan fingerprint density at radius 2 is 1.54 bits per heavy atom. The first-order valence-electron chi connectivity index (χ1n) is 3.89. The molecule has 0 radical (unpaired) electrons. The summed E-state index contributed by atoms with van der Waals surface area (Å²) in [6, 6.07) is 0. The molecule has 0 N–H and O–H groups in total. The largest absolute Gasteiger partial charge is 0.383 e. The first kappa shape index (κ1) is 9.45. The molecular weight excluding hydrogens is 166 g/mol. The van der Waals surface area contributed by atoms with Gasteiger partial charge in [0.25, 0.3) is 0 Å². The zero-order valence-electron chi connectivity index (χ0n) is 7.65. The van der Waals surface area contributed by atoms with Crippen molar-refractivity contribution in [2.45, 2.75) is 0 Å². The molecule has 0 saturated heterocycles. The summed E-state index contributed by atoms with van der Waals surface area (Å²) in [5.74, 6) is 0. The summed E-state index contributed by atoms with van der Waals surface area (Å²) in [6.07, 6.45) is 6.61. The second-order valence-corrected chi connectivity index (χ2v) is 3.03. The van der Waals surface area contributed by atoms with E-state index in [9.17, 15) is 9.59 Å².